The van der Waals surface area contributed by atoms with Crippen LogP contribution in [0.15, 0.2) is 48.5 Å². The fraction of sp³-hybridized carbons (Fsp3) is 0.300. The Kier molecular flexibility index (Phi) is 6.17. The van der Waals surface area contributed by atoms with Crippen LogP contribution in [-0.4, -0.2) is 25.9 Å². The molecule has 2 N–H and O–H groups in total. The Labute approximate surface area is 149 Å². The van der Waals surface area contributed by atoms with Crippen molar-refractivity contribution in [3.05, 3.63) is 59.7 Å². The normalized spacial score (nSPS) is 10.4. The van der Waals surface area contributed by atoms with Gasteiger partial charge in [0.25, 0.3) is 0 Å². The number of amides is 2. The fourth-order valence-electron chi connectivity index (χ4n) is 2.47. The zero-order valence-corrected chi connectivity index (χ0v) is 15.2. The van der Waals surface area contributed by atoms with Gasteiger partial charge in [-0.05, 0) is 35.2 Å². The first-order chi connectivity index (χ1) is 11.9. The zero-order chi connectivity index (χ0) is 18.4. The molecule has 0 aliphatic carbocycles. The van der Waals surface area contributed by atoms with Crippen LogP contribution >= 0.6 is 0 Å². The zero-order valence-electron chi connectivity index (χ0n) is 15.2. The van der Waals surface area contributed by atoms with Crippen molar-refractivity contribution < 1.29 is 9.59 Å². The van der Waals surface area contributed by atoms with Gasteiger partial charge < -0.3 is 15.5 Å². The fourth-order valence-corrected chi connectivity index (χ4v) is 2.47. The number of hydrogen-bond donors (Lipinski definition) is 2. The summed E-state index contributed by atoms with van der Waals surface area (Å²) in [6.45, 7) is 4.40. The molecule has 5 heteroatoms. The first kappa shape index (κ1) is 18.5. The van der Waals surface area contributed by atoms with Crippen molar-refractivity contribution in [3.8, 4) is 0 Å². The summed E-state index contributed by atoms with van der Waals surface area (Å²) in [7, 11) is 3.94. The maximum atomic E-state index is 12.1. The molecule has 0 atom stereocenters. The van der Waals surface area contributed by atoms with Crippen molar-refractivity contribution in [2.24, 2.45) is 0 Å². The molecule has 2 amide bonds. The second-order valence-electron chi connectivity index (χ2n) is 6.44. The largest absolute Gasteiger partial charge is 0.378 e. The predicted octanol–water partition coefficient (Wildman–Crippen LogP) is 3.13. The van der Waals surface area contributed by atoms with Crippen molar-refractivity contribution in [3.63, 3.8) is 0 Å². The number of hydrogen-bond acceptors (Lipinski definition) is 3. The third kappa shape index (κ3) is 5.08. The summed E-state index contributed by atoms with van der Waals surface area (Å²) in [5, 5.41) is 5.35. The highest BCUT2D eigenvalue weighted by molar-refractivity contribution is 6.39. The molecule has 0 saturated carbocycles. The smallest absolute Gasteiger partial charge is 0.313 e. The lowest BCUT2D eigenvalue weighted by Crippen LogP contribution is -2.35. The predicted molar refractivity (Wildman–Crippen MR) is 102 cm³/mol. The van der Waals surface area contributed by atoms with Crippen LogP contribution in [-0.2, 0) is 16.1 Å². The van der Waals surface area contributed by atoms with Crippen LogP contribution in [0.5, 0.6) is 0 Å². The average molecular weight is 339 g/mol. The molecule has 0 aromatic heterocycles. The minimum absolute atomic E-state index is 0.259. The van der Waals surface area contributed by atoms with Crippen LogP contribution in [0.4, 0.5) is 11.4 Å². The molecule has 0 heterocycles. The van der Waals surface area contributed by atoms with Gasteiger partial charge in [-0.15, -0.1) is 0 Å². The molecular formula is C20H25N3O2. The lowest BCUT2D eigenvalue weighted by molar-refractivity contribution is -0.136. The molecule has 0 spiro atoms. The van der Waals surface area contributed by atoms with Gasteiger partial charge in [-0.2, -0.15) is 0 Å². The highest BCUT2D eigenvalue weighted by Crippen LogP contribution is 2.23. The summed E-state index contributed by atoms with van der Waals surface area (Å²) in [5.74, 6) is -1.04. The number of anilines is 2. The lowest BCUT2D eigenvalue weighted by atomic mass is 10.0. The van der Waals surface area contributed by atoms with Crippen molar-refractivity contribution in [2.45, 2.75) is 26.3 Å². The Balaban J connectivity index is 1.94. The van der Waals surface area contributed by atoms with Crippen molar-refractivity contribution >= 4 is 23.2 Å². The molecule has 25 heavy (non-hydrogen) atoms. The van der Waals surface area contributed by atoms with Gasteiger partial charge in [0.05, 0.1) is 0 Å². The first-order valence-electron chi connectivity index (χ1n) is 8.33. The summed E-state index contributed by atoms with van der Waals surface area (Å²) in [5.41, 5.74) is 3.70. The summed E-state index contributed by atoms with van der Waals surface area (Å²) < 4.78 is 0. The molecule has 0 fully saturated rings. The van der Waals surface area contributed by atoms with Gasteiger partial charge in [0, 0.05) is 32.0 Å². The highest BCUT2D eigenvalue weighted by Gasteiger charge is 2.15. The van der Waals surface area contributed by atoms with E-state index in [2.05, 4.69) is 10.6 Å². The van der Waals surface area contributed by atoms with Gasteiger partial charge in [-0.3, -0.25) is 9.59 Å². The molecule has 0 unspecified atom stereocenters. The van der Waals surface area contributed by atoms with E-state index in [1.54, 1.807) is 6.07 Å². The Morgan fingerprint density at radius 1 is 0.960 bits per heavy atom. The average Bonchev–Trinajstić information content (AvgIpc) is 2.60. The van der Waals surface area contributed by atoms with E-state index in [0.29, 0.717) is 12.2 Å². The minimum Gasteiger partial charge on any atom is -0.378 e. The van der Waals surface area contributed by atoms with E-state index < -0.39 is 11.8 Å². The lowest BCUT2D eigenvalue weighted by Gasteiger charge is -2.14. The molecule has 0 bridgehead atoms. The molecule has 2 rings (SSSR count). The van der Waals surface area contributed by atoms with Crippen LogP contribution in [0, 0.1) is 0 Å². The van der Waals surface area contributed by atoms with Crippen LogP contribution in [0.25, 0.3) is 0 Å². The van der Waals surface area contributed by atoms with E-state index in [9.17, 15) is 9.59 Å². The maximum Gasteiger partial charge on any atom is 0.313 e. The molecule has 0 aliphatic heterocycles. The summed E-state index contributed by atoms with van der Waals surface area (Å²) in [4.78, 5) is 26.2. The summed E-state index contributed by atoms with van der Waals surface area (Å²) in [6, 6.07) is 15.3. The van der Waals surface area contributed by atoms with Crippen LogP contribution < -0.4 is 15.5 Å². The van der Waals surface area contributed by atoms with Gasteiger partial charge >= 0.3 is 11.8 Å². The molecule has 0 saturated heterocycles. The van der Waals surface area contributed by atoms with Gasteiger partial charge in [0.1, 0.15) is 0 Å². The van der Waals surface area contributed by atoms with E-state index in [1.165, 1.54) is 0 Å². The maximum absolute atomic E-state index is 12.1. The van der Waals surface area contributed by atoms with E-state index in [4.69, 9.17) is 0 Å². The molecular weight excluding hydrogens is 314 g/mol. The quantitative estimate of drug-likeness (QED) is 0.823. The Bertz CT molecular complexity index is 737. The van der Waals surface area contributed by atoms with Gasteiger partial charge in [-0.1, -0.05) is 44.2 Å². The monoisotopic (exact) mass is 339 g/mol. The SMILES string of the molecule is CC(C)c1ccccc1NC(=O)C(=O)NCc1ccc(N(C)C)cc1. The number of nitrogens with zero attached hydrogens (tertiary/aromatic N) is 1. The number of nitrogens with one attached hydrogen (secondary N) is 2. The molecule has 0 aliphatic rings. The second-order valence-corrected chi connectivity index (χ2v) is 6.44. The number of rotatable bonds is 5. The van der Waals surface area contributed by atoms with Crippen molar-refractivity contribution in [2.75, 3.05) is 24.3 Å². The standard InChI is InChI=1S/C20H25N3O2/c1-14(2)17-7-5-6-8-18(17)22-20(25)19(24)21-13-15-9-11-16(12-10-15)23(3)4/h5-12,14H,13H2,1-4H3,(H,21,24)(H,22,25). The highest BCUT2D eigenvalue weighted by atomic mass is 16.2. The first-order valence-corrected chi connectivity index (χ1v) is 8.33. The summed E-state index contributed by atoms with van der Waals surface area (Å²) in [6.07, 6.45) is 0. The van der Waals surface area contributed by atoms with Gasteiger partial charge in [-0.25, -0.2) is 0 Å². The van der Waals surface area contributed by atoms with Crippen molar-refractivity contribution in [1.29, 1.82) is 0 Å². The number of para-hydroxylation sites is 1. The molecule has 5 nitrogen and oxygen atoms in total. The van der Waals surface area contributed by atoms with Crippen LogP contribution in [0.2, 0.25) is 0 Å². The Morgan fingerprint density at radius 3 is 2.20 bits per heavy atom. The van der Waals surface area contributed by atoms with Crippen molar-refractivity contribution in [1.82, 2.24) is 5.32 Å². The third-order valence-electron chi connectivity index (χ3n) is 3.94. The topological polar surface area (TPSA) is 61.4 Å². The Hall–Kier alpha value is -2.82. The third-order valence-corrected chi connectivity index (χ3v) is 3.94. The Morgan fingerprint density at radius 2 is 1.60 bits per heavy atom. The molecule has 132 valence electrons. The van der Waals surface area contributed by atoms with E-state index >= 15 is 0 Å². The van der Waals surface area contributed by atoms with E-state index in [0.717, 1.165) is 16.8 Å². The van der Waals surface area contributed by atoms with E-state index in [-0.39, 0.29) is 5.92 Å². The number of benzene rings is 2. The van der Waals surface area contributed by atoms with E-state index in [1.807, 2.05) is 75.3 Å². The second kappa shape index (κ2) is 8.33. The minimum atomic E-state index is -0.655. The number of carbonyl (C=O) groups is 2. The molecule has 2 aromatic carbocycles. The molecule has 2 aromatic rings. The molecule has 0 radical (unpaired) electrons. The van der Waals surface area contributed by atoms with Gasteiger partial charge in [0.15, 0.2) is 0 Å². The summed E-state index contributed by atoms with van der Waals surface area (Å²) >= 11 is 0. The van der Waals surface area contributed by atoms with Crippen LogP contribution in [0.1, 0.15) is 30.9 Å². The number of carbonyl (C=O) groups excluding carboxylic acids is 2. The van der Waals surface area contributed by atoms with Gasteiger partial charge in [0.2, 0.25) is 0 Å². The van der Waals surface area contributed by atoms with Crippen LogP contribution in [0.3, 0.4) is 0 Å².